The molecule has 0 aromatic carbocycles. The first-order valence-corrected chi connectivity index (χ1v) is 4.70. The molecule has 0 amide bonds. The number of rotatable bonds is 3. The SMILES string of the molecule is C/C=C\N(C)/C=C\C(C)C.CC. The van der Waals surface area contributed by atoms with Crippen molar-refractivity contribution in [2.75, 3.05) is 7.05 Å². The van der Waals surface area contributed by atoms with Crippen molar-refractivity contribution in [1.29, 1.82) is 0 Å². The van der Waals surface area contributed by atoms with E-state index in [-0.39, 0.29) is 0 Å². The summed E-state index contributed by atoms with van der Waals surface area (Å²) in [5, 5.41) is 0. The zero-order valence-electron chi connectivity index (χ0n) is 9.33. The summed E-state index contributed by atoms with van der Waals surface area (Å²) >= 11 is 0. The van der Waals surface area contributed by atoms with Crippen molar-refractivity contribution in [3.63, 3.8) is 0 Å². The predicted octanol–water partition coefficient (Wildman–Crippen LogP) is 3.65. The highest BCUT2D eigenvalue weighted by Gasteiger charge is 1.83. The maximum Gasteiger partial charge on any atom is 0.0106 e. The molecule has 0 fully saturated rings. The lowest BCUT2D eigenvalue weighted by Gasteiger charge is -2.06. The first kappa shape index (κ1) is 13.8. The van der Waals surface area contributed by atoms with Crippen LogP contribution in [0.25, 0.3) is 0 Å². The molecule has 0 radical (unpaired) electrons. The van der Waals surface area contributed by atoms with Crippen LogP contribution in [0.5, 0.6) is 0 Å². The van der Waals surface area contributed by atoms with Gasteiger partial charge in [0.1, 0.15) is 0 Å². The van der Waals surface area contributed by atoms with Crippen LogP contribution in [0.15, 0.2) is 24.6 Å². The number of nitrogens with zero attached hydrogens (tertiary/aromatic N) is 1. The van der Waals surface area contributed by atoms with Crippen LogP contribution in [0.1, 0.15) is 34.6 Å². The van der Waals surface area contributed by atoms with Gasteiger partial charge in [0.15, 0.2) is 0 Å². The third-order valence-corrected chi connectivity index (χ3v) is 1.09. The molecule has 0 unspecified atom stereocenters. The molecule has 0 aliphatic rings. The van der Waals surface area contributed by atoms with Crippen molar-refractivity contribution in [3.05, 3.63) is 24.6 Å². The van der Waals surface area contributed by atoms with Crippen LogP contribution in [0, 0.1) is 5.92 Å². The van der Waals surface area contributed by atoms with E-state index >= 15 is 0 Å². The predicted molar refractivity (Wildman–Crippen MR) is 57.9 cm³/mol. The van der Waals surface area contributed by atoms with Crippen molar-refractivity contribution in [3.8, 4) is 0 Å². The number of hydrogen-bond donors (Lipinski definition) is 0. The van der Waals surface area contributed by atoms with Gasteiger partial charge in [-0.15, -0.1) is 0 Å². The average Bonchev–Trinajstić information content (AvgIpc) is 2.05. The van der Waals surface area contributed by atoms with E-state index in [1.165, 1.54) is 0 Å². The fourth-order valence-corrected chi connectivity index (χ4v) is 0.593. The van der Waals surface area contributed by atoms with Crippen molar-refractivity contribution in [1.82, 2.24) is 4.90 Å². The average molecular weight is 169 g/mol. The minimum atomic E-state index is 0.632. The van der Waals surface area contributed by atoms with Gasteiger partial charge in [0.25, 0.3) is 0 Å². The van der Waals surface area contributed by atoms with E-state index in [9.17, 15) is 0 Å². The molecule has 0 N–H and O–H groups in total. The Balaban J connectivity index is 0. The standard InChI is InChI=1S/C9H17N.C2H6/c1-5-7-10(4)8-6-9(2)3;1-2/h5-9H,1-4H3;1-2H3/b7-5-,8-6-;. The molecule has 0 aromatic rings. The highest BCUT2D eigenvalue weighted by Crippen LogP contribution is 1.95. The van der Waals surface area contributed by atoms with Crippen LogP contribution in [-0.2, 0) is 0 Å². The van der Waals surface area contributed by atoms with E-state index < -0.39 is 0 Å². The third kappa shape index (κ3) is 12.0. The Morgan fingerprint density at radius 1 is 1.08 bits per heavy atom. The molecular formula is C11H23N. The zero-order chi connectivity index (χ0) is 9.98. The van der Waals surface area contributed by atoms with Crippen LogP contribution in [0.2, 0.25) is 0 Å². The van der Waals surface area contributed by atoms with Gasteiger partial charge in [-0.3, -0.25) is 0 Å². The summed E-state index contributed by atoms with van der Waals surface area (Å²) in [5.41, 5.74) is 0. The molecule has 0 aromatic heterocycles. The van der Waals surface area contributed by atoms with E-state index in [1.807, 2.05) is 45.0 Å². The van der Waals surface area contributed by atoms with Crippen molar-refractivity contribution in [2.45, 2.75) is 34.6 Å². The smallest absolute Gasteiger partial charge is 0.0106 e. The first-order chi connectivity index (χ1) is 5.66. The Morgan fingerprint density at radius 2 is 1.58 bits per heavy atom. The van der Waals surface area contributed by atoms with Gasteiger partial charge in [-0.1, -0.05) is 39.8 Å². The normalized spacial score (nSPS) is 10.6. The summed E-state index contributed by atoms with van der Waals surface area (Å²) in [7, 11) is 2.03. The lowest BCUT2D eigenvalue weighted by atomic mass is 10.2. The largest absolute Gasteiger partial charge is 0.358 e. The molecule has 1 nitrogen and oxygen atoms in total. The second-order valence-corrected chi connectivity index (χ2v) is 2.73. The van der Waals surface area contributed by atoms with Crippen LogP contribution in [-0.4, -0.2) is 11.9 Å². The number of allylic oxidation sites excluding steroid dienone is 2. The molecule has 12 heavy (non-hydrogen) atoms. The van der Waals surface area contributed by atoms with Gasteiger partial charge >= 0.3 is 0 Å². The summed E-state index contributed by atoms with van der Waals surface area (Å²) in [6, 6.07) is 0. The van der Waals surface area contributed by atoms with Crippen molar-refractivity contribution < 1.29 is 0 Å². The van der Waals surface area contributed by atoms with E-state index in [4.69, 9.17) is 0 Å². The molecular weight excluding hydrogens is 146 g/mol. The molecule has 72 valence electrons. The van der Waals surface area contributed by atoms with Gasteiger partial charge in [0.2, 0.25) is 0 Å². The molecule has 0 spiro atoms. The summed E-state index contributed by atoms with van der Waals surface area (Å²) < 4.78 is 0. The molecule has 0 atom stereocenters. The van der Waals surface area contributed by atoms with Crippen LogP contribution in [0.3, 0.4) is 0 Å². The summed E-state index contributed by atoms with van der Waals surface area (Å²) in [6.07, 6.45) is 8.29. The van der Waals surface area contributed by atoms with E-state index in [2.05, 4.69) is 26.1 Å². The van der Waals surface area contributed by atoms with E-state index in [1.54, 1.807) is 0 Å². The Hall–Kier alpha value is -0.720. The van der Waals surface area contributed by atoms with Crippen molar-refractivity contribution >= 4 is 0 Å². The Kier molecular flexibility index (Phi) is 11.9. The van der Waals surface area contributed by atoms with E-state index in [0.29, 0.717) is 5.92 Å². The highest BCUT2D eigenvalue weighted by atomic mass is 15.0. The van der Waals surface area contributed by atoms with Crippen LogP contribution >= 0.6 is 0 Å². The monoisotopic (exact) mass is 169 g/mol. The Labute approximate surface area is 77.8 Å². The molecule has 0 aliphatic heterocycles. The summed E-state index contributed by atoms with van der Waals surface area (Å²) in [5.74, 6) is 0.632. The zero-order valence-corrected chi connectivity index (χ0v) is 9.33. The summed E-state index contributed by atoms with van der Waals surface area (Å²) in [4.78, 5) is 2.04. The maximum absolute atomic E-state index is 2.17. The third-order valence-electron chi connectivity index (χ3n) is 1.09. The highest BCUT2D eigenvalue weighted by molar-refractivity contribution is 4.89. The van der Waals surface area contributed by atoms with Gasteiger partial charge in [0.05, 0.1) is 0 Å². The van der Waals surface area contributed by atoms with Gasteiger partial charge in [-0.05, 0) is 25.2 Å². The second-order valence-electron chi connectivity index (χ2n) is 2.73. The molecule has 0 heterocycles. The molecule has 0 saturated carbocycles. The Bertz CT molecular complexity index is 123. The summed E-state index contributed by atoms with van der Waals surface area (Å²) in [6.45, 7) is 10.3. The van der Waals surface area contributed by atoms with Crippen LogP contribution < -0.4 is 0 Å². The lowest BCUT2D eigenvalue weighted by Crippen LogP contribution is -1.99. The van der Waals surface area contributed by atoms with Gasteiger partial charge in [-0.25, -0.2) is 0 Å². The second kappa shape index (κ2) is 10.3. The minimum absolute atomic E-state index is 0.632. The molecule has 0 saturated heterocycles. The topological polar surface area (TPSA) is 3.24 Å². The van der Waals surface area contributed by atoms with Gasteiger partial charge in [0, 0.05) is 7.05 Å². The molecule has 0 aliphatic carbocycles. The van der Waals surface area contributed by atoms with Crippen LogP contribution in [0.4, 0.5) is 0 Å². The quantitative estimate of drug-likeness (QED) is 0.623. The lowest BCUT2D eigenvalue weighted by molar-refractivity contribution is 0.614. The molecule has 0 rings (SSSR count). The molecule has 1 heteroatoms. The first-order valence-electron chi connectivity index (χ1n) is 4.70. The Morgan fingerprint density at radius 3 is 1.92 bits per heavy atom. The fraction of sp³-hybridized carbons (Fsp3) is 0.636. The maximum atomic E-state index is 2.17. The van der Waals surface area contributed by atoms with Gasteiger partial charge < -0.3 is 4.90 Å². The molecule has 0 bridgehead atoms. The number of hydrogen-bond acceptors (Lipinski definition) is 1. The van der Waals surface area contributed by atoms with Gasteiger partial charge in [-0.2, -0.15) is 0 Å². The van der Waals surface area contributed by atoms with E-state index in [0.717, 1.165) is 0 Å². The van der Waals surface area contributed by atoms with Crippen molar-refractivity contribution in [2.24, 2.45) is 5.92 Å². The fourth-order valence-electron chi connectivity index (χ4n) is 0.593. The minimum Gasteiger partial charge on any atom is -0.358 e.